The van der Waals surface area contributed by atoms with E-state index in [0.29, 0.717) is 16.7 Å². The highest BCUT2D eigenvalue weighted by Gasteiger charge is 2.39. The fourth-order valence-electron chi connectivity index (χ4n) is 3.80. The van der Waals surface area contributed by atoms with E-state index in [9.17, 15) is 28.4 Å². The summed E-state index contributed by atoms with van der Waals surface area (Å²) in [5.74, 6) is -3.34. The molecule has 1 saturated heterocycles. The van der Waals surface area contributed by atoms with Crippen molar-refractivity contribution in [1.82, 2.24) is 15.5 Å². The first kappa shape index (κ1) is 20.4. The molecular weight excluding hydrogens is 405 g/mol. The lowest BCUT2D eigenvalue weighted by molar-refractivity contribution is -0.136. The molecule has 0 spiro atoms. The monoisotopic (exact) mass is 423 g/mol. The third-order valence-electron chi connectivity index (χ3n) is 5.43. The van der Waals surface area contributed by atoms with E-state index in [4.69, 9.17) is 0 Å². The number of imide groups is 1. The Balaban J connectivity index is 1.47. The van der Waals surface area contributed by atoms with Crippen LogP contribution < -0.4 is 10.6 Å². The maximum absolute atomic E-state index is 13.0. The van der Waals surface area contributed by atoms with Crippen molar-refractivity contribution in [1.29, 1.82) is 0 Å². The van der Waals surface area contributed by atoms with Gasteiger partial charge in [0.25, 0.3) is 11.8 Å². The van der Waals surface area contributed by atoms with Gasteiger partial charge in [-0.25, -0.2) is 4.39 Å². The average Bonchev–Trinajstić information content (AvgIpc) is 3.09. The van der Waals surface area contributed by atoms with Gasteiger partial charge in [-0.2, -0.15) is 0 Å². The summed E-state index contributed by atoms with van der Waals surface area (Å²) in [6, 6.07) is 8.94. The Morgan fingerprint density at radius 2 is 1.84 bits per heavy atom. The first-order valence-electron chi connectivity index (χ1n) is 9.68. The molecule has 4 amide bonds. The number of carbonyl (C=O) groups excluding carboxylic acids is 5. The Morgan fingerprint density at radius 1 is 1.10 bits per heavy atom. The van der Waals surface area contributed by atoms with Gasteiger partial charge in [0.1, 0.15) is 11.9 Å². The summed E-state index contributed by atoms with van der Waals surface area (Å²) in [4.78, 5) is 62.3. The van der Waals surface area contributed by atoms with E-state index >= 15 is 0 Å². The zero-order valence-corrected chi connectivity index (χ0v) is 16.3. The number of Topliss-reactive ketones (excluding diaryl/α,β-unsaturated/α-hetero) is 1. The molecule has 0 radical (unpaired) electrons. The molecule has 2 N–H and O–H groups in total. The maximum Gasteiger partial charge on any atom is 0.292 e. The lowest BCUT2D eigenvalue weighted by Crippen LogP contribution is -2.52. The van der Waals surface area contributed by atoms with E-state index in [1.54, 1.807) is 18.2 Å². The lowest BCUT2D eigenvalue weighted by atomic mass is 10.0. The number of piperidine rings is 1. The second kappa shape index (κ2) is 8.10. The number of halogens is 1. The van der Waals surface area contributed by atoms with Gasteiger partial charge in [-0.1, -0.05) is 12.1 Å². The van der Waals surface area contributed by atoms with E-state index < -0.39 is 29.5 Å². The van der Waals surface area contributed by atoms with Crippen molar-refractivity contribution in [2.45, 2.75) is 32.0 Å². The highest BCUT2D eigenvalue weighted by Crippen LogP contribution is 2.29. The highest BCUT2D eigenvalue weighted by atomic mass is 19.1. The molecule has 158 valence electrons. The zero-order valence-electron chi connectivity index (χ0n) is 16.3. The van der Waals surface area contributed by atoms with Crippen LogP contribution in [0.2, 0.25) is 0 Å². The molecule has 8 nitrogen and oxygen atoms in total. The minimum Gasteiger partial charge on any atom is -0.345 e. The van der Waals surface area contributed by atoms with Gasteiger partial charge in [-0.3, -0.25) is 29.3 Å². The molecule has 1 unspecified atom stereocenters. The Labute approximate surface area is 176 Å². The topological polar surface area (TPSA) is 113 Å². The van der Waals surface area contributed by atoms with Gasteiger partial charge >= 0.3 is 0 Å². The first-order valence-corrected chi connectivity index (χ1v) is 9.68. The van der Waals surface area contributed by atoms with E-state index in [-0.39, 0.29) is 43.3 Å². The molecule has 0 bridgehead atoms. The number of hydrogen-bond donors (Lipinski definition) is 2. The molecule has 2 aromatic rings. The molecule has 4 rings (SSSR count). The molecule has 0 aliphatic carbocycles. The lowest BCUT2D eigenvalue weighted by Gasteiger charge is -2.29. The highest BCUT2D eigenvalue weighted by molar-refractivity contribution is 6.42. The quantitative estimate of drug-likeness (QED) is 0.425. The van der Waals surface area contributed by atoms with Crippen LogP contribution in [0.15, 0.2) is 42.5 Å². The maximum atomic E-state index is 13.0. The van der Waals surface area contributed by atoms with Gasteiger partial charge < -0.3 is 10.2 Å². The number of benzene rings is 2. The molecule has 1 atom stereocenters. The second-order valence-electron chi connectivity index (χ2n) is 7.36. The van der Waals surface area contributed by atoms with Crippen LogP contribution in [0.25, 0.3) is 0 Å². The Morgan fingerprint density at radius 3 is 2.55 bits per heavy atom. The second-order valence-corrected chi connectivity index (χ2v) is 7.36. The first-order chi connectivity index (χ1) is 14.8. The van der Waals surface area contributed by atoms with E-state index in [1.807, 2.05) is 0 Å². The number of amides is 4. The number of carbonyl (C=O) groups is 5. The van der Waals surface area contributed by atoms with Crippen LogP contribution in [0.1, 0.15) is 44.7 Å². The predicted octanol–water partition coefficient (Wildman–Crippen LogP) is 1.09. The van der Waals surface area contributed by atoms with Crippen molar-refractivity contribution in [3.8, 4) is 0 Å². The fourth-order valence-corrected chi connectivity index (χ4v) is 3.80. The molecular formula is C22H18FN3O5. The third kappa shape index (κ3) is 3.94. The summed E-state index contributed by atoms with van der Waals surface area (Å²) >= 11 is 0. The average molecular weight is 423 g/mol. The number of hydrogen-bond acceptors (Lipinski definition) is 5. The van der Waals surface area contributed by atoms with Crippen molar-refractivity contribution in [2.75, 3.05) is 0 Å². The third-order valence-corrected chi connectivity index (χ3v) is 5.43. The Kier molecular flexibility index (Phi) is 5.33. The van der Waals surface area contributed by atoms with Crippen LogP contribution in [0, 0.1) is 5.82 Å². The van der Waals surface area contributed by atoms with Crippen LogP contribution in [0.3, 0.4) is 0 Å². The standard InChI is InChI=1S/C22H18FN3O5/c23-14-6-4-12(5-7-14)19(28)21(30)24-10-13-2-1-3-15-16(13)11-26(22(15)31)17-8-9-18(27)25-20(17)29/h1-7,17H,8-11H2,(H,24,30)(H,25,27,29). The van der Waals surface area contributed by atoms with Gasteiger partial charge in [-0.05, 0) is 47.9 Å². The van der Waals surface area contributed by atoms with Gasteiger partial charge in [0.05, 0.1) is 0 Å². The molecule has 2 aliphatic heterocycles. The van der Waals surface area contributed by atoms with Crippen molar-refractivity contribution in [3.05, 3.63) is 70.5 Å². The minimum absolute atomic E-state index is 0.00537. The number of nitrogens with zero attached hydrogens (tertiary/aromatic N) is 1. The molecule has 1 fully saturated rings. The van der Waals surface area contributed by atoms with Crippen LogP contribution in [-0.2, 0) is 27.5 Å². The van der Waals surface area contributed by atoms with Gasteiger partial charge in [0.2, 0.25) is 17.6 Å². The molecule has 9 heteroatoms. The molecule has 2 heterocycles. The SMILES string of the molecule is O=C1CCC(N2Cc3c(CNC(=O)C(=O)c4ccc(F)cc4)cccc3C2=O)C(=O)N1. The van der Waals surface area contributed by atoms with Crippen molar-refractivity contribution in [3.63, 3.8) is 0 Å². The molecule has 2 aliphatic rings. The summed E-state index contributed by atoms with van der Waals surface area (Å²) in [6.07, 6.45) is 0.410. The summed E-state index contributed by atoms with van der Waals surface area (Å²) in [7, 11) is 0. The smallest absolute Gasteiger partial charge is 0.292 e. The molecule has 31 heavy (non-hydrogen) atoms. The minimum atomic E-state index is -0.851. The summed E-state index contributed by atoms with van der Waals surface area (Å²) < 4.78 is 13.0. The largest absolute Gasteiger partial charge is 0.345 e. The van der Waals surface area contributed by atoms with Crippen LogP contribution in [0.4, 0.5) is 4.39 Å². The number of nitrogens with one attached hydrogen (secondary N) is 2. The van der Waals surface area contributed by atoms with E-state index in [2.05, 4.69) is 10.6 Å². The Hall–Kier alpha value is -3.88. The van der Waals surface area contributed by atoms with Crippen LogP contribution in [-0.4, -0.2) is 40.4 Å². The summed E-state index contributed by atoms with van der Waals surface area (Å²) in [6.45, 7) is 0.170. The fraction of sp³-hybridized carbons (Fsp3) is 0.227. The number of fused-ring (bicyclic) bond motifs is 1. The van der Waals surface area contributed by atoms with Gasteiger partial charge in [-0.15, -0.1) is 0 Å². The van der Waals surface area contributed by atoms with E-state index in [1.165, 1.54) is 17.0 Å². The predicted molar refractivity (Wildman–Crippen MR) is 105 cm³/mol. The van der Waals surface area contributed by atoms with Gasteiger partial charge in [0, 0.05) is 30.6 Å². The van der Waals surface area contributed by atoms with Crippen molar-refractivity contribution in [2.24, 2.45) is 0 Å². The molecule has 0 aromatic heterocycles. The number of ketones is 1. The molecule has 0 saturated carbocycles. The summed E-state index contributed by atoms with van der Waals surface area (Å²) in [5, 5.41) is 4.78. The Bertz CT molecular complexity index is 1110. The van der Waals surface area contributed by atoms with Crippen LogP contribution >= 0.6 is 0 Å². The normalized spacial score (nSPS) is 17.9. The van der Waals surface area contributed by atoms with Crippen molar-refractivity contribution < 1.29 is 28.4 Å². The van der Waals surface area contributed by atoms with Crippen molar-refractivity contribution >= 4 is 29.4 Å². The zero-order chi connectivity index (χ0) is 22.1. The summed E-state index contributed by atoms with van der Waals surface area (Å²) in [5.41, 5.74) is 1.78. The van der Waals surface area contributed by atoms with Gasteiger partial charge in [0.15, 0.2) is 0 Å². The van der Waals surface area contributed by atoms with E-state index in [0.717, 1.165) is 12.1 Å². The van der Waals surface area contributed by atoms with Crippen LogP contribution in [0.5, 0.6) is 0 Å². The number of rotatable bonds is 5. The molecule has 2 aromatic carbocycles.